The number of halogens is 1. The minimum absolute atomic E-state index is 0.362. The van der Waals surface area contributed by atoms with E-state index in [1.54, 1.807) is 36.4 Å². The highest BCUT2D eigenvalue weighted by molar-refractivity contribution is 6.23. The maximum absolute atomic E-state index is 12.0. The maximum atomic E-state index is 12.0. The van der Waals surface area contributed by atoms with Crippen LogP contribution in [0.4, 0.5) is 0 Å². The molecule has 0 spiro atoms. The number of aliphatic hydroxyl groups excluding tert-OH is 1. The second kappa shape index (κ2) is 5.80. The van der Waals surface area contributed by atoms with Gasteiger partial charge in [0.15, 0.2) is 5.78 Å². The molecule has 0 heterocycles. The summed E-state index contributed by atoms with van der Waals surface area (Å²) in [6, 6.07) is 17.8. The zero-order valence-electron chi connectivity index (χ0n) is 9.66. The summed E-state index contributed by atoms with van der Waals surface area (Å²) in [5.74, 6) is -0.362. The molecule has 0 bridgehead atoms. The second-order valence-corrected chi connectivity index (χ2v) is 4.46. The predicted molar refractivity (Wildman–Crippen MR) is 71.8 cm³/mol. The molecular formula is C15H13ClO2. The quantitative estimate of drug-likeness (QED) is 0.677. The fourth-order valence-corrected chi connectivity index (χ4v) is 1.99. The number of alkyl halides is 1. The third-order valence-corrected chi connectivity index (χ3v) is 3.21. The number of carbonyl (C=O) groups is 1. The van der Waals surface area contributed by atoms with Gasteiger partial charge in [-0.15, -0.1) is 11.6 Å². The molecule has 2 aromatic carbocycles. The monoisotopic (exact) mass is 260 g/mol. The zero-order chi connectivity index (χ0) is 13.0. The first-order valence-electron chi connectivity index (χ1n) is 5.66. The molecule has 0 aliphatic rings. The fraction of sp³-hybridized carbons (Fsp3) is 0.133. The molecule has 0 radical (unpaired) electrons. The summed E-state index contributed by atoms with van der Waals surface area (Å²) < 4.78 is 0. The average molecular weight is 261 g/mol. The highest BCUT2D eigenvalue weighted by atomic mass is 35.5. The molecule has 92 valence electrons. The number of carbonyl (C=O) groups excluding carboxylic acids is 1. The van der Waals surface area contributed by atoms with Gasteiger partial charge in [0.05, 0.1) is 5.38 Å². The van der Waals surface area contributed by atoms with E-state index in [-0.39, 0.29) is 5.78 Å². The fourth-order valence-electron chi connectivity index (χ4n) is 1.73. The van der Waals surface area contributed by atoms with E-state index in [1.807, 2.05) is 24.3 Å². The Kier molecular flexibility index (Phi) is 4.13. The Balaban J connectivity index is 2.17. The van der Waals surface area contributed by atoms with Gasteiger partial charge in [0.2, 0.25) is 0 Å². The molecule has 0 aromatic heterocycles. The van der Waals surface area contributed by atoms with Crippen LogP contribution >= 0.6 is 11.6 Å². The van der Waals surface area contributed by atoms with E-state index in [1.165, 1.54) is 0 Å². The van der Waals surface area contributed by atoms with E-state index in [9.17, 15) is 9.90 Å². The van der Waals surface area contributed by atoms with E-state index in [2.05, 4.69) is 0 Å². The van der Waals surface area contributed by atoms with E-state index in [4.69, 9.17) is 11.6 Å². The molecule has 0 saturated carbocycles. The van der Waals surface area contributed by atoms with Crippen LogP contribution in [0.15, 0.2) is 60.7 Å². The van der Waals surface area contributed by atoms with Crippen LogP contribution in [-0.4, -0.2) is 17.0 Å². The number of hydrogen-bond donors (Lipinski definition) is 1. The van der Waals surface area contributed by atoms with Crippen molar-refractivity contribution in [3.63, 3.8) is 0 Å². The molecule has 0 amide bonds. The SMILES string of the molecule is O=C(c1ccccc1)[C@H](O)[C@@H](Cl)c1ccccc1. The minimum atomic E-state index is -1.24. The van der Waals surface area contributed by atoms with Crippen molar-refractivity contribution in [2.75, 3.05) is 0 Å². The normalized spacial score (nSPS) is 13.9. The highest BCUT2D eigenvalue weighted by Crippen LogP contribution is 2.26. The number of aliphatic hydroxyl groups is 1. The molecule has 2 aromatic rings. The molecule has 2 rings (SSSR count). The van der Waals surface area contributed by atoms with Gasteiger partial charge in [-0.1, -0.05) is 60.7 Å². The van der Waals surface area contributed by atoms with Crippen molar-refractivity contribution in [3.8, 4) is 0 Å². The van der Waals surface area contributed by atoms with Gasteiger partial charge in [-0.2, -0.15) is 0 Å². The Morgan fingerprint density at radius 1 is 0.944 bits per heavy atom. The first-order valence-corrected chi connectivity index (χ1v) is 6.10. The summed E-state index contributed by atoms with van der Waals surface area (Å²) in [4.78, 5) is 12.0. The molecule has 0 aliphatic carbocycles. The van der Waals surface area contributed by atoms with Crippen LogP contribution in [0.3, 0.4) is 0 Å². The Bertz CT molecular complexity index is 511. The van der Waals surface area contributed by atoms with Gasteiger partial charge in [0.25, 0.3) is 0 Å². The van der Waals surface area contributed by atoms with Crippen LogP contribution in [0.1, 0.15) is 21.3 Å². The number of Topliss-reactive ketones (excluding diaryl/α,β-unsaturated/α-hetero) is 1. The number of ketones is 1. The number of rotatable bonds is 4. The van der Waals surface area contributed by atoms with Gasteiger partial charge in [-0.05, 0) is 5.56 Å². The van der Waals surface area contributed by atoms with Crippen molar-refractivity contribution in [1.29, 1.82) is 0 Å². The van der Waals surface area contributed by atoms with Crippen LogP contribution in [0.2, 0.25) is 0 Å². The van der Waals surface area contributed by atoms with Gasteiger partial charge in [-0.25, -0.2) is 0 Å². The third kappa shape index (κ3) is 2.78. The smallest absolute Gasteiger partial charge is 0.193 e. The Morgan fingerprint density at radius 2 is 1.44 bits per heavy atom. The van der Waals surface area contributed by atoms with Crippen LogP contribution < -0.4 is 0 Å². The lowest BCUT2D eigenvalue weighted by molar-refractivity contribution is 0.0738. The molecular weight excluding hydrogens is 248 g/mol. The topological polar surface area (TPSA) is 37.3 Å². The summed E-state index contributed by atoms with van der Waals surface area (Å²) in [6.45, 7) is 0. The number of benzene rings is 2. The maximum Gasteiger partial charge on any atom is 0.193 e. The minimum Gasteiger partial charge on any atom is -0.383 e. The van der Waals surface area contributed by atoms with E-state index in [0.29, 0.717) is 5.56 Å². The molecule has 2 atom stereocenters. The van der Waals surface area contributed by atoms with Crippen molar-refractivity contribution in [2.24, 2.45) is 0 Å². The second-order valence-electron chi connectivity index (χ2n) is 3.99. The van der Waals surface area contributed by atoms with Crippen molar-refractivity contribution >= 4 is 17.4 Å². The molecule has 0 saturated heterocycles. The first-order chi connectivity index (χ1) is 8.70. The lowest BCUT2D eigenvalue weighted by Crippen LogP contribution is -2.25. The lowest BCUT2D eigenvalue weighted by Gasteiger charge is -2.16. The zero-order valence-corrected chi connectivity index (χ0v) is 10.4. The highest BCUT2D eigenvalue weighted by Gasteiger charge is 2.26. The Labute approximate surface area is 111 Å². The van der Waals surface area contributed by atoms with E-state index >= 15 is 0 Å². The van der Waals surface area contributed by atoms with Crippen LogP contribution in [0.5, 0.6) is 0 Å². The molecule has 0 fully saturated rings. The molecule has 0 unspecified atom stereocenters. The molecule has 1 N–H and O–H groups in total. The lowest BCUT2D eigenvalue weighted by atomic mass is 10.00. The molecule has 18 heavy (non-hydrogen) atoms. The molecule has 0 aliphatic heterocycles. The summed E-state index contributed by atoms with van der Waals surface area (Å²) in [6.07, 6.45) is -1.24. The molecule has 3 heteroatoms. The Morgan fingerprint density at radius 3 is 2.00 bits per heavy atom. The third-order valence-electron chi connectivity index (χ3n) is 2.72. The summed E-state index contributed by atoms with van der Waals surface area (Å²) in [7, 11) is 0. The van der Waals surface area contributed by atoms with Crippen molar-refractivity contribution in [3.05, 3.63) is 71.8 Å². The Hall–Kier alpha value is -1.64. The van der Waals surface area contributed by atoms with Crippen LogP contribution in [0, 0.1) is 0 Å². The summed E-state index contributed by atoms with van der Waals surface area (Å²) in [5.41, 5.74) is 1.20. The van der Waals surface area contributed by atoms with Crippen molar-refractivity contribution in [1.82, 2.24) is 0 Å². The average Bonchev–Trinajstić information content (AvgIpc) is 2.47. The van der Waals surface area contributed by atoms with E-state index < -0.39 is 11.5 Å². The predicted octanol–water partition coefficient (Wildman–Crippen LogP) is 3.21. The van der Waals surface area contributed by atoms with Crippen LogP contribution in [-0.2, 0) is 0 Å². The van der Waals surface area contributed by atoms with Gasteiger partial charge < -0.3 is 5.11 Å². The van der Waals surface area contributed by atoms with Gasteiger partial charge in [-0.3, -0.25) is 4.79 Å². The van der Waals surface area contributed by atoms with Gasteiger partial charge in [0.1, 0.15) is 6.10 Å². The van der Waals surface area contributed by atoms with Gasteiger partial charge >= 0.3 is 0 Å². The number of hydrogen-bond acceptors (Lipinski definition) is 2. The summed E-state index contributed by atoms with van der Waals surface area (Å²) >= 11 is 6.13. The first kappa shape index (κ1) is 12.8. The van der Waals surface area contributed by atoms with Crippen molar-refractivity contribution < 1.29 is 9.90 Å². The largest absolute Gasteiger partial charge is 0.383 e. The van der Waals surface area contributed by atoms with E-state index in [0.717, 1.165) is 5.56 Å². The standard InChI is InChI=1S/C15H13ClO2/c16-13(11-7-3-1-4-8-11)15(18)14(17)12-9-5-2-6-10-12/h1-10,13,15,18H/t13-,15+/m0/s1. The van der Waals surface area contributed by atoms with Gasteiger partial charge in [0, 0.05) is 5.56 Å². The summed E-state index contributed by atoms with van der Waals surface area (Å²) in [5, 5.41) is 9.27. The van der Waals surface area contributed by atoms with Crippen LogP contribution in [0.25, 0.3) is 0 Å². The van der Waals surface area contributed by atoms with Crippen molar-refractivity contribution in [2.45, 2.75) is 11.5 Å². The molecule has 2 nitrogen and oxygen atoms in total.